The summed E-state index contributed by atoms with van der Waals surface area (Å²) in [5.41, 5.74) is 0.635. The molecule has 2 aromatic rings. The predicted octanol–water partition coefficient (Wildman–Crippen LogP) is 3.08. The number of carbonyl (C=O) groups is 2. The lowest BCUT2D eigenvalue weighted by Crippen LogP contribution is -2.33. The van der Waals surface area contributed by atoms with Gasteiger partial charge in [-0.25, -0.2) is 0 Å². The van der Waals surface area contributed by atoms with E-state index in [1.165, 1.54) is 12.0 Å². The number of ether oxygens (including phenoxy) is 1. The summed E-state index contributed by atoms with van der Waals surface area (Å²) in [7, 11) is 2.96. The van der Waals surface area contributed by atoms with Crippen molar-refractivity contribution in [3.8, 4) is 0 Å². The third kappa shape index (κ3) is 3.26. The van der Waals surface area contributed by atoms with Crippen molar-refractivity contribution in [2.75, 3.05) is 20.7 Å². The highest BCUT2D eigenvalue weighted by Gasteiger charge is 2.22. The molecule has 21 heavy (non-hydrogen) atoms. The van der Waals surface area contributed by atoms with E-state index in [1.807, 2.05) is 18.2 Å². The van der Waals surface area contributed by atoms with E-state index in [-0.39, 0.29) is 30.1 Å². The first-order valence-corrected chi connectivity index (χ1v) is 7.24. The number of benzene rings is 1. The van der Waals surface area contributed by atoms with Crippen LogP contribution in [0.25, 0.3) is 11.0 Å². The van der Waals surface area contributed by atoms with Gasteiger partial charge in [0.2, 0.25) is 0 Å². The zero-order valence-electron chi connectivity index (χ0n) is 12.1. The Morgan fingerprint density at radius 1 is 1.43 bits per heavy atom. The molecule has 6 heteroatoms. The van der Waals surface area contributed by atoms with Gasteiger partial charge in [-0.2, -0.15) is 0 Å². The Morgan fingerprint density at radius 3 is 2.76 bits per heavy atom. The molecule has 0 radical (unpaired) electrons. The molecule has 0 bridgehead atoms. The molecule has 1 amide bonds. The van der Waals surface area contributed by atoms with Crippen molar-refractivity contribution >= 4 is 38.8 Å². The highest BCUT2D eigenvalue weighted by molar-refractivity contribution is 9.10. The van der Waals surface area contributed by atoms with E-state index in [0.717, 1.165) is 9.86 Å². The molecule has 0 aliphatic heterocycles. The minimum absolute atomic E-state index is 0.247. The second kappa shape index (κ2) is 6.30. The van der Waals surface area contributed by atoms with Crippen LogP contribution in [0.15, 0.2) is 33.2 Å². The molecule has 5 nitrogen and oxygen atoms in total. The van der Waals surface area contributed by atoms with Gasteiger partial charge in [0, 0.05) is 19.0 Å². The summed E-state index contributed by atoms with van der Waals surface area (Å²) in [6.07, 6.45) is 0. The largest absolute Gasteiger partial charge is 0.469 e. The fourth-order valence-electron chi connectivity index (χ4n) is 2.09. The van der Waals surface area contributed by atoms with Crippen LogP contribution >= 0.6 is 15.9 Å². The molecule has 112 valence electrons. The number of fused-ring (bicyclic) bond motifs is 1. The minimum Gasteiger partial charge on any atom is -0.469 e. The van der Waals surface area contributed by atoms with Crippen molar-refractivity contribution < 1.29 is 18.7 Å². The number of furan rings is 1. The summed E-state index contributed by atoms with van der Waals surface area (Å²) in [5.74, 6) is -0.757. The third-order valence-electron chi connectivity index (χ3n) is 3.20. The number of methoxy groups -OCH3 is 1. The fraction of sp³-hybridized carbons (Fsp3) is 0.333. The number of halogens is 1. The number of para-hydroxylation sites is 1. The second-order valence-electron chi connectivity index (χ2n) is 4.88. The predicted molar refractivity (Wildman–Crippen MR) is 82.1 cm³/mol. The van der Waals surface area contributed by atoms with Crippen molar-refractivity contribution in [1.82, 2.24) is 4.90 Å². The third-order valence-corrected chi connectivity index (χ3v) is 3.83. The van der Waals surface area contributed by atoms with Gasteiger partial charge in [-0.05, 0) is 28.1 Å². The smallest absolute Gasteiger partial charge is 0.310 e. The van der Waals surface area contributed by atoms with Crippen LogP contribution in [0.1, 0.15) is 17.5 Å². The van der Waals surface area contributed by atoms with Gasteiger partial charge in [-0.15, -0.1) is 0 Å². The van der Waals surface area contributed by atoms with Crippen LogP contribution in [-0.2, 0) is 9.53 Å². The molecule has 0 saturated carbocycles. The van der Waals surface area contributed by atoms with E-state index in [9.17, 15) is 9.59 Å². The highest BCUT2D eigenvalue weighted by atomic mass is 79.9. The summed E-state index contributed by atoms with van der Waals surface area (Å²) in [6.45, 7) is 1.98. The first kappa shape index (κ1) is 15.6. The molecule has 2 rings (SSSR count). The zero-order valence-corrected chi connectivity index (χ0v) is 13.6. The lowest BCUT2D eigenvalue weighted by Gasteiger charge is -2.19. The molecule has 0 aliphatic carbocycles. The Kier molecular flexibility index (Phi) is 4.67. The van der Waals surface area contributed by atoms with Crippen LogP contribution in [-0.4, -0.2) is 37.5 Å². The molecule has 0 aliphatic rings. The molecule has 0 fully saturated rings. The van der Waals surface area contributed by atoms with Crippen molar-refractivity contribution in [3.05, 3.63) is 34.5 Å². The van der Waals surface area contributed by atoms with Gasteiger partial charge in [-0.1, -0.05) is 19.1 Å². The molecular weight excluding hydrogens is 338 g/mol. The van der Waals surface area contributed by atoms with Gasteiger partial charge in [-0.3, -0.25) is 9.59 Å². The van der Waals surface area contributed by atoms with Crippen LogP contribution in [0.4, 0.5) is 0 Å². The van der Waals surface area contributed by atoms with E-state index in [4.69, 9.17) is 4.42 Å². The number of nitrogens with zero attached hydrogens (tertiary/aromatic N) is 1. The molecule has 0 spiro atoms. The Hall–Kier alpha value is -1.82. The Morgan fingerprint density at radius 2 is 2.14 bits per heavy atom. The lowest BCUT2D eigenvalue weighted by molar-refractivity contribution is -0.145. The maximum atomic E-state index is 12.3. The van der Waals surface area contributed by atoms with Gasteiger partial charge in [0.1, 0.15) is 5.58 Å². The van der Waals surface area contributed by atoms with Crippen LogP contribution in [0.3, 0.4) is 0 Å². The van der Waals surface area contributed by atoms with Crippen LogP contribution in [0, 0.1) is 5.92 Å². The maximum absolute atomic E-state index is 12.3. The maximum Gasteiger partial charge on any atom is 0.310 e. The van der Waals surface area contributed by atoms with Crippen molar-refractivity contribution in [3.63, 3.8) is 0 Å². The molecule has 1 atom stereocenters. The number of hydrogen-bond acceptors (Lipinski definition) is 4. The number of carbonyl (C=O) groups excluding carboxylic acids is 2. The summed E-state index contributed by atoms with van der Waals surface area (Å²) in [6, 6.07) is 7.29. The van der Waals surface area contributed by atoms with Gasteiger partial charge in [0.25, 0.3) is 5.91 Å². The quantitative estimate of drug-likeness (QED) is 0.792. The summed E-state index contributed by atoms with van der Waals surface area (Å²) in [4.78, 5) is 25.2. The summed E-state index contributed by atoms with van der Waals surface area (Å²) < 4.78 is 11.0. The van der Waals surface area contributed by atoms with Gasteiger partial charge < -0.3 is 14.1 Å². The van der Waals surface area contributed by atoms with Crippen LogP contribution in [0.2, 0.25) is 0 Å². The number of hydrogen-bond donors (Lipinski definition) is 0. The van der Waals surface area contributed by atoms with Gasteiger partial charge in [0.15, 0.2) is 5.76 Å². The van der Waals surface area contributed by atoms with E-state index in [2.05, 4.69) is 20.7 Å². The van der Waals surface area contributed by atoms with Crippen LogP contribution < -0.4 is 0 Å². The lowest BCUT2D eigenvalue weighted by atomic mass is 10.1. The monoisotopic (exact) mass is 353 g/mol. The topological polar surface area (TPSA) is 59.8 Å². The fourth-order valence-corrected chi connectivity index (χ4v) is 2.55. The van der Waals surface area contributed by atoms with E-state index in [0.29, 0.717) is 5.58 Å². The van der Waals surface area contributed by atoms with Crippen LogP contribution in [0.5, 0.6) is 0 Å². The first-order chi connectivity index (χ1) is 9.93. The average molecular weight is 354 g/mol. The average Bonchev–Trinajstić information content (AvgIpc) is 2.90. The molecule has 0 N–H and O–H groups in total. The van der Waals surface area contributed by atoms with Crippen molar-refractivity contribution in [2.24, 2.45) is 5.92 Å². The van der Waals surface area contributed by atoms with Gasteiger partial charge >= 0.3 is 5.97 Å². The zero-order chi connectivity index (χ0) is 15.6. The summed E-state index contributed by atoms with van der Waals surface area (Å²) >= 11 is 3.39. The van der Waals surface area contributed by atoms with Crippen molar-refractivity contribution in [1.29, 1.82) is 0 Å². The van der Waals surface area contributed by atoms with Crippen molar-refractivity contribution in [2.45, 2.75) is 6.92 Å². The minimum atomic E-state index is -0.389. The number of amides is 1. The second-order valence-corrected chi connectivity index (χ2v) is 5.73. The number of rotatable bonds is 4. The van der Waals surface area contributed by atoms with E-state index in [1.54, 1.807) is 20.0 Å². The molecule has 1 unspecified atom stereocenters. The Balaban J connectivity index is 2.18. The first-order valence-electron chi connectivity index (χ1n) is 6.45. The molecule has 0 saturated heterocycles. The normalized spacial score (nSPS) is 12.2. The van der Waals surface area contributed by atoms with Gasteiger partial charge in [0.05, 0.1) is 17.5 Å². The molecular formula is C15H16BrNO4. The Bertz CT molecular complexity index is 679. The SMILES string of the molecule is COC(=O)C(C)CN(C)C(=O)c1cc2cccc(Br)c2o1. The molecule has 1 aromatic carbocycles. The molecule has 1 heterocycles. The number of esters is 1. The van der Waals surface area contributed by atoms with E-state index < -0.39 is 0 Å². The highest BCUT2D eigenvalue weighted by Crippen LogP contribution is 2.27. The van der Waals surface area contributed by atoms with E-state index >= 15 is 0 Å². The Labute approximate surface area is 131 Å². The standard InChI is InChI=1S/C15H16BrNO4/c1-9(15(19)20-3)8-17(2)14(18)12-7-10-5-4-6-11(16)13(10)21-12/h4-7,9H,8H2,1-3H3. The summed E-state index contributed by atoms with van der Waals surface area (Å²) in [5, 5.41) is 0.849. The molecule has 1 aromatic heterocycles.